The molecule has 0 bridgehead atoms. The highest BCUT2D eigenvalue weighted by Gasteiger charge is 2.46. The number of allylic oxidation sites excluding steroid dienone is 2. The molecule has 362 valence electrons. The molecule has 13 aromatic rings. The molecule has 0 fully saturated rings. The first-order chi connectivity index (χ1) is 37.2. The minimum absolute atomic E-state index is 0.0289. The number of rotatable bonds is 4. The highest BCUT2D eigenvalue weighted by Crippen LogP contribution is 2.54. The molecular formula is C68H50N8. The Balaban J connectivity index is 0.883. The number of hydrogen-bond donors (Lipinski definition) is 0. The maximum Gasteiger partial charge on any atom is 0.138 e. The number of aromatic nitrogens is 6. The third kappa shape index (κ3) is 5.84. The summed E-state index contributed by atoms with van der Waals surface area (Å²) in [6.07, 6.45) is 10.8. The van der Waals surface area contributed by atoms with Gasteiger partial charge in [0.2, 0.25) is 0 Å². The van der Waals surface area contributed by atoms with E-state index in [2.05, 4.69) is 253 Å². The summed E-state index contributed by atoms with van der Waals surface area (Å²) in [5, 5.41) is 6.82. The van der Waals surface area contributed by atoms with Crippen molar-refractivity contribution in [2.45, 2.75) is 44.6 Å². The fraction of sp³-hybridized carbons (Fsp3) is 0.118. The molecular weight excluding hydrogens is 929 g/mol. The van der Waals surface area contributed by atoms with Crippen LogP contribution in [0.1, 0.15) is 44.4 Å². The molecule has 8 aromatic carbocycles. The van der Waals surface area contributed by atoms with E-state index in [1.54, 1.807) is 12.4 Å². The Morgan fingerprint density at radius 1 is 0.421 bits per heavy atom. The molecule has 7 heterocycles. The van der Waals surface area contributed by atoms with Gasteiger partial charge in [0.25, 0.3) is 0 Å². The lowest BCUT2D eigenvalue weighted by molar-refractivity contribution is 0.332. The second-order valence-corrected chi connectivity index (χ2v) is 21.9. The standard InChI is InChI=1S/C68H50N8/c1-67(2)49-21-9-15-27-57(49)75(59-33-29-41(39-51(59)67)73-53-23-11-5-17-43(53)44-18-6-12-24-54(44)73)61-35-31-47-63-64(70-38-37-69-63)48-32-36-62(72-66(48)65(47)71-61)76-58-28-16-10-22-50(58)68(3,4)52-40-42(30-34-60(52)76)74-55-25-13-7-19-45(55)46-20-8-14-26-56(46)74/h5-40,51,59H,1-4H3. The molecule has 0 spiro atoms. The van der Waals surface area contributed by atoms with Gasteiger partial charge in [-0.05, 0) is 102 Å². The van der Waals surface area contributed by atoms with Gasteiger partial charge in [0.1, 0.15) is 22.7 Å². The van der Waals surface area contributed by atoms with Crippen LogP contribution in [-0.4, -0.2) is 35.1 Å². The van der Waals surface area contributed by atoms with Crippen molar-refractivity contribution in [2.24, 2.45) is 5.92 Å². The first-order valence-electron chi connectivity index (χ1n) is 26.4. The van der Waals surface area contributed by atoms with Crippen LogP contribution in [0.2, 0.25) is 0 Å². The molecule has 0 saturated carbocycles. The van der Waals surface area contributed by atoms with Crippen LogP contribution in [0, 0.1) is 5.92 Å². The van der Waals surface area contributed by atoms with Gasteiger partial charge in [0.05, 0.1) is 50.5 Å². The quantitative estimate of drug-likeness (QED) is 0.164. The number of benzene rings is 8. The average molecular weight is 979 g/mol. The van der Waals surface area contributed by atoms with Gasteiger partial charge in [0, 0.05) is 78.5 Å². The number of nitrogens with zero attached hydrogens (tertiary/aromatic N) is 8. The molecule has 0 radical (unpaired) electrons. The first-order valence-corrected chi connectivity index (χ1v) is 26.4. The summed E-state index contributed by atoms with van der Waals surface area (Å²) in [4.78, 5) is 26.3. The molecule has 1 aliphatic carbocycles. The number of pyridine rings is 2. The summed E-state index contributed by atoms with van der Waals surface area (Å²) >= 11 is 0. The van der Waals surface area contributed by atoms with Gasteiger partial charge in [-0.1, -0.05) is 149 Å². The van der Waals surface area contributed by atoms with Gasteiger partial charge in [-0.3, -0.25) is 14.9 Å². The number of anilines is 5. The Bertz CT molecular complexity index is 4600. The minimum atomic E-state index is -0.326. The summed E-state index contributed by atoms with van der Waals surface area (Å²) in [6, 6.07) is 68.3. The van der Waals surface area contributed by atoms with E-state index >= 15 is 0 Å². The van der Waals surface area contributed by atoms with E-state index < -0.39 is 0 Å². The highest BCUT2D eigenvalue weighted by molar-refractivity contribution is 6.21. The third-order valence-electron chi connectivity index (χ3n) is 17.2. The Morgan fingerprint density at radius 3 is 1.54 bits per heavy atom. The van der Waals surface area contributed by atoms with E-state index in [9.17, 15) is 0 Å². The summed E-state index contributed by atoms with van der Waals surface area (Å²) < 4.78 is 4.86. The maximum absolute atomic E-state index is 5.77. The van der Waals surface area contributed by atoms with Gasteiger partial charge < -0.3 is 14.0 Å². The topological polar surface area (TPSA) is 67.9 Å². The normalized spacial score (nSPS) is 17.4. The summed E-state index contributed by atoms with van der Waals surface area (Å²) in [7, 11) is 0. The van der Waals surface area contributed by atoms with Crippen molar-refractivity contribution in [3.05, 3.63) is 235 Å². The van der Waals surface area contributed by atoms with Gasteiger partial charge in [-0.2, -0.15) is 0 Å². The number of fused-ring (bicyclic) bond motifs is 16. The van der Waals surface area contributed by atoms with Crippen LogP contribution in [0.5, 0.6) is 0 Å². The highest BCUT2D eigenvalue weighted by atomic mass is 15.2. The van der Waals surface area contributed by atoms with E-state index in [1.165, 1.54) is 66.0 Å². The van der Waals surface area contributed by atoms with E-state index in [0.717, 1.165) is 67.2 Å². The second-order valence-electron chi connectivity index (χ2n) is 21.9. The summed E-state index contributed by atoms with van der Waals surface area (Å²) in [5.74, 6) is 1.76. The van der Waals surface area contributed by atoms with Gasteiger partial charge >= 0.3 is 0 Å². The van der Waals surface area contributed by atoms with Gasteiger partial charge in [0.15, 0.2) is 0 Å². The van der Waals surface area contributed by atoms with E-state index in [4.69, 9.17) is 19.9 Å². The van der Waals surface area contributed by atoms with Crippen molar-refractivity contribution in [3.63, 3.8) is 0 Å². The smallest absolute Gasteiger partial charge is 0.138 e. The van der Waals surface area contributed by atoms with Crippen LogP contribution in [0.15, 0.2) is 219 Å². The molecule has 0 amide bonds. The Hall–Kier alpha value is -9.40. The van der Waals surface area contributed by atoms with Crippen LogP contribution in [0.3, 0.4) is 0 Å². The fourth-order valence-corrected chi connectivity index (χ4v) is 13.6. The van der Waals surface area contributed by atoms with Crippen LogP contribution >= 0.6 is 0 Å². The van der Waals surface area contributed by atoms with Crippen molar-refractivity contribution in [1.29, 1.82) is 0 Å². The second kappa shape index (κ2) is 15.6. The zero-order valence-electron chi connectivity index (χ0n) is 42.5. The zero-order valence-corrected chi connectivity index (χ0v) is 42.5. The van der Waals surface area contributed by atoms with Crippen LogP contribution in [0.4, 0.5) is 28.7 Å². The molecule has 0 N–H and O–H groups in total. The Labute approximate surface area is 439 Å². The molecule has 0 saturated heterocycles. The van der Waals surface area contributed by atoms with Crippen LogP contribution in [0.25, 0.3) is 87.8 Å². The minimum Gasteiger partial charge on any atom is -0.319 e. The van der Waals surface area contributed by atoms with Crippen molar-refractivity contribution in [1.82, 2.24) is 29.1 Å². The molecule has 16 rings (SSSR count). The average Bonchev–Trinajstić information content (AvgIpc) is 4.07. The molecule has 8 heteroatoms. The SMILES string of the molecule is CC1(C)c2ccccc2N(c2ccc3c4nccnc4c4ccc(N5c6ccccc6C(C)(C)C6C=C(n7c8ccccc8c8ccccc87)C=CC65)nc4c3n2)c2ccc(-n3c4ccccc4c4ccccc43)cc21. The molecule has 76 heavy (non-hydrogen) atoms. The summed E-state index contributed by atoms with van der Waals surface area (Å²) in [5.41, 5.74) is 16.8. The molecule has 2 atom stereocenters. The van der Waals surface area contributed by atoms with Crippen molar-refractivity contribution >= 4 is 111 Å². The monoisotopic (exact) mass is 978 g/mol. The zero-order chi connectivity index (χ0) is 50.6. The fourth-order valence-electron chi connectivity index (χ4n) is 13.6. The number of para-hydroxylation sites is 6. The van der Waals surface area contributed by atoms with Gasteiger partial charge in [-0.15, -0.1) is 0 Å². The van der Waals surface area contributed by atoms with Crippen molar-refractivity contribution in [3.8, 4) is 5.69 Å². The van der Waals surface area contributed by atoms with E-state index in [-0.39, 0.29) is 22.8 Å². The largest absolute Gasteiger partial charge is 0.319 e. The van der Waals surface area contributed by atoms with E-state index in [0.29, 0.717) is 0 Å². The lowest BCUT2D eigenvalue weighted by Gasteiger charge is -2.50. The Kier molecular flexibility index (Phi) is 8.82. The third-order valence-corrected chi connectivity index (χ3v) is 17.2. The molecule has 5 aromatic heterocycles. The molecule has 8 nitrogen and oxygen atoms in total. The first kappa shape index (κ1) is 43.0. The van der Waals surface area contributed by atoms with Crippen molar-refractivity contribution < 1.29 is 0 Å². The molecule has 2 unspecified atom stereocenters. The predicted molar refractivity (Wildman–Crippen MR) is 313 cm³/mol. The molecule has 2 aliphatic heterocycles. The predicted octanol–water partition coefficient (Wildman–Crippen LogP) is 16.6. The van der Waals surface area contributed by atoms with Crippen molar-refractivity contribution in [2.75, 3.05) is 9.80 Å². The lowest BCUT2D eigenvalue weighted by Crippen LogP contribution is -2.50. The van der Waals surface area contributed by atoms with Crippen LogP contribution < -0.4 is 9.80 Å². The van der Waals surface area contributed by atoms with Crippen LogP contribution in [-0.2, 0) is 10.8 Å². The number of hydrogen-bond acceptors (Lipinski definition) is 6. The van der Waals surface area contributed by atoms with E-state index in [1.807, 2.05) is 0 Å². The lowest BCUT2D eigenvalue weighted by atomic mass is 9.65. The summed E-state index contributed by atoms with van der Waals surface area (Å²) in [6.45, 7) is 9.51. The van der Waals surface area contributed by atoms with Gasteiger partial charge in [-0.25, -0.2) is 9.97 Å². The Morgan fingerprint density at radius 2 is 0.921 bits per heavy atom. The molecule has 3 aliphatic rings. The maximum atomic E-state index is 5.77.